The van der Waals surface area contributed by atoms with Crippen molar-refractivity contribution in [3.63, 3.8) is 0 Å². The van der Waals surface area contributed by atoms with Gasteiger partial charge in [0.15, 0.2) is 0 Å². The Kier molecular flexibility index (Phi) is 3.79. The van der Waals surface area contributed by atoms with Crippen LogP contribution < -0.4 is 5.32 Å². The standard InChI is InChI=1S/C15H20N4O2/c1-11(13-6-5-9-21-13)17-14(20)12-10-16-18(2)15(12)19-7-3-4-8-19/h3-4,7-8,10-11,13H,5-6,9H2,1-2H3,(H,17,20)/t11-,13+/m0/s1. The molecule has 3 heterocycles. The molecule has 1 aliphatic rings. The van der Waals surface area contributed by atoms with E-state index in [-0.39, 0.29) is 18.1 Å². The van der Waals surface area contributed by atoms with Crippen molar-refractivity contribution in [1.82, 2.24) is 19.7 Å². The van der Waals surface area contributed by atoms with Crippen LogP contribution in [-0.2, 0) is 11.8 Å². The summed E-state index contributed by atoms with van der Waals surface area (Å²) in [6.45, 7) is 2.77. The molecule has 1 saturated heterocycles. The molecule has 0 aliphatic carbocycles. The summed E-state index contributed by atoms with van der Waals surface area (Å²) in [4.78, 5) is 12.5. The van der Waals surface area contributed by atoms with E-state index in [0.29, 0.717) is 5.56 Å². The highest BCUT2D eigenvalue weighted by Gasteiger charge is 2.25. The molecule has 1 amide bonds. The van der Waals surface area contributed by atoms with Gasteiger partial charge in [-0.1, -0.05) is 0 Å². The van der Waals surface area contributed by atoms with Gasteiger partial charge in [-0.2, -0.15) is 5.10 Å². The highest BCUT2D eigenvalue weighted by Crippen LogP contribution is 2.17. The number of amides is 1. The molecule has 0 radical (unpaired) electrons. The first-order valence-electron chi connectivity index (χ1n) is 7.24. The zero-order valence-corrected chi connectivity index (χ0v) is 12.3. The molecule has 1 N–H and O–H groups in total. The fraction of sp³-hybridized carbons (Fsp3) is 0.467. The normalized spacial score (nSPS) is 19.6. The van der Waals surface area contributed by atoms with E-state index in [0.717, 1.165) is 25.3 Å². The molecule has 6 nitrogen and oxygen atoms in total. The number of aryl methyl sites for hydroxylation is 1. The molecule has 1 aliphatic heterocycles. The van der Waals surface area contributed by atoms with E-state index in [4.69, 9.17) is 4.74 Å². The average Bonchev–Trinajstić information content (AvgIpc) is 3.19. The molecule has 0 bridgehead atoms. The van der Waals surface area contributed by atoms with Crippen molar-refractivity contribution in [2.75, 3.05) is 6.61 Å². The molecule has 0 unspecified atom stereocenters. The van der Waals surface area contributed by atoms with Gasteiger partial charge in [0.25, 0.3) is 5.91 Å². The summed E-state index contributed by atoms with van der Waals surface area (Å²) in [6.07, 6.45) is 7.58. The van der Waals surface area contributed by atoms with Gasteiger partial charge in [0.1, 0.15) is 11.4 Å². The predicted octanol–water partition coefficient (Wildman–Crippen LogP) is 1.51. The van der Waals surface area contributed by atoms with Crippen molar-refractivity contribution >= 4 is 5.91 Å². The van der Waals surface area contributed by atoms with Crippen molar-refractivity contribution in [2.45, 2.75) is 31.9 Å². The molecule has 6 heteroatoms. The SMILES string of the molecule is C[C@H](NC(=O)c1cnn(C)c1-n1cccc1)[C@H]1CCCO1. The van der Waals surface area contributed by atoms with Crippen molar-refractivity contribution in [3.8, 4) is 5.82 Å². The summed E-state index contributed by atoms with van der Waals surface area (Å²) in [6, 6.07) is 3.84. The van der Waals surface area contributed by atoms with Gasteiger partial charge < -0.3 is 14.6 Å². The third-order valence-corrected chi connectivity index (χ3v) is 3.88. The summed E-state index contributed by atoms with van der Waals surface area (Å²) in [5.74, 6) is 0.645. The number of carbonyl (C=O) groups is 1. The zero-order chi connectivity index (χ0) is 14.8. The number of ether oxygens (including phenoxy) is 1. The van der Waals surface area contributed by atoms with E-state index in [1.54, 1.807) is 10.9 Å². The maximum absolute atomic E-state index is 12.5. The molecule has 0 saturated carbocycles. The Balaban J connectivity index is 1.79. The maximum Gasteiger partial charge on any atom is 0.256 e. The number of rotatable bonds is 4. The molecule has 2 aromatic heterocycles. The van der Waals surface area contributed by atoms with Crippen molar-refractivity contribution in [1.29, 1.82) is 0 Å². The van der Waals surface area contributed by atoms with Gasteiger partial charge in [0, 0.05) is 26.0 Å². The van der Waals surface area contributed by atoms with Gasteiger partial charge in [-0.15, -0.1) is 0 Å². The monoisotopic (exact) mass is 288 g/mol. The van der Waals surface area contributed by atoms with Crippen LogP contribution >= 0.6 is 0 Å². The molecular formula is C15H20N4O2. The van der Waals surface area contributed by atoms with E-state index >= 15 is 0 Å². The van der Waals surface area contributed by atoms with Crippen molar-refractivity contribution < 1.29 is 9.53 Å². The number of nitrogens with zero attached hydrogens (tertiary/aromatic N) is 3. The van der Waals surface area contributed by atoms with E-state index < -0.39 is 0 Å². The largest absolute Gasteiger partial charge is 0.376 e. The molecule has 2 aromatic rings. The molecule has 2 atom stereocenters. The molecule has 0 aromatic carbocycles. The first-order chi connectivity index (χ1) is 10.2. The minimum Gasteiger partial charge on any atom is -0.376 e. The van der Waals surface area contributed by atoms with Gasteiger partial charge in [-0.3, -0.25) is 9.48 Å². The van der Waals surface area contributed by atoms with Crippen molar-refractivity contribution in [3.05, 3.63) is 36.3 Å². The first kappa shape index (κ1) is 13.9. The second-order valence-electron chi connectivity index (χ2n) is 5.41. The highest BCUT2D eigenvalue weighted by atomic mass is 16.5. The maximum atomic E-state index is 12.5. The Morgan fingerprint density at radius 2 is 2.24 bits per heavy atom. The summed E-state index contributed by atoms with van der Waals surface area (Å²) < 4.78 is 9.21. The lowest BCUT2D eigenvalue weighted by atomic mass is 10.1. The summed E-state index contributed by atoms with van der Waals surface area (Å²) in [7, 11) is 1.83. The molecule has 0 spiro atoms. The number of aromatic nitrogens is 3. The quantitative estimate of drug-likeness (QED) is 0.927. The van der Waals surface area contributed by atoms with E-state index in [9.17, 15) is 4.79 Å². The van der Waals surface area contributed by atoms with Gasteiger partial charge in [0.05, 0.1) is 18.3 Å². The molecule has 3 rings (SSSR count). The lowest BCUT2D eigenvalue weighted by Crippen LogP contribution is -2.41. The third kappa shape index (κ3) is 2.71. The fourth-order valence-electron chi connectivity index (χ4n) is 2.75. The lowest BCUT2D eigenvalue weighted by Gasteiger charge is -2.20. The fourth-order valence-corrected chi connectivity index (χ4v) is 2.75. The van der Waals surface area contributed by atoms with Crippen LogP contribution in [0.1, 0.15) is 30.1 Å². The van der Waals surface area contributed by atoms with E-state index in [2.05, 4.69) is 10.4 Å². The van der Waals surface area contributed by atoms with E-state index in [1.165, 1.54) is 0 Å². The zero-order valence-electron chi connectivity index (χ0n) is 12.3. The Hall–Kier alpha value is -2.08. The number of carbonyl (C=O) groups excluding carboxylic acids is 1. The van der Waals surface area contributed by atoms with Gasteiger partial charge in [0.2, 0.25) is 0 Å². The Morgan fingerprint density at radius 3 is 2.90 bits per heavy atom. The van der Waals surface area contributed by atoms with Gasteiger partial charge in [-0.05, 0) is 31.9 Å². The summed E-state index contributed by atoms with van der Waals surface area (Å²) in [5, 5.41) is 7.23. The molecule has 112 valence electrons. The minimum absolute atomic E-state index is 0.00211. The van der Waals surface area contributed by atoms with Crippen LogP contribution in [0.15, 0.2) is 30.7 Å². The molecular weight excluding hydrogens is 268 g/mol. The van der Waals surface area contributed by atoms with Crippen LogP contribution in [-0.4, -0.2) is 39.0 Å². The Morgan fingerprint density at radius 1 is 1.48 bits per heavy atom. The first-order valence-corrected chi connectivity index (χ1v) is 7.24. The predicted molar refractivity (Wildman–Crippen MR) is 78.4 cm³/mol. The average molecular weight is 288 g/mol. The number of hydrogen-bond acceptors (Lipinski definition) is 3. The smallest absolute Gasteiger partial charge is 0.256 e. The van der Waals surface area contributed by atoms with Gasteiger partial charge in [-0.25, -0.2) is 0 Å². The topological polar surface area (TPSA) is 61.1 Å². The second-order valence-corrected chi connectivity index (χ2v) is 5.41. The number of nitrogens with one attached hydrogen (secondary N) is 1. The Labute approximate surface area is 123 Å². The molecule has 21 heavy (non-hydrogen) atoms. The van der Waals surface area contributed by atoms with E-state index in [1.807, 2.05) is 43.1 Å². The van der Waals surface area contributed by atoms with Crippen LogP contribution in [0.3, 0.4) is 0 Å². The van der Waals surface area contributed by atoms with Crippen LogP contribution in [0, 0.1) is 0 Å². The highest BCUT2D eigenvalue weighted by molar-refractivity contribution is 5.97. The third-order valence-electron chi connectivity index (χ3n) is 3.88. The molecule has 1 fully saturated rings. The lowest BCUT2D eigenvalue weighted by molar-refractivity contribution is 0.0712. The number of hydrogen-bond donors (Lipinski definition) is 1. The van der Waals surface area contributed by atoms with Crippen molar-refractivity contribution in [2.24, 2.45) is 7.05 Å². The Bertz CT molecular complexity index is 612. The summed E-state index contributed by atoms with van der Waals surface area (Å²) >= 11 is 0. The minimum atomic E-state index is -0.116. The van der Waals surface area contributed by atoms with Crippen LogP contribution in [0.5, 0.6) is 0 Å². The van der Waals surface area contributed by atoms with Crippen LogP contribution in [0.25, 0.3) is 5.82 Å². The van der Waals surface area contributed by atoms with Crippen LogP contribution in [0.4, 0.5) is 0 Å². The van der Waals surface area contributed by atoms with Gasteiger partial charge >= 0.3 is 0 Å². The summed E-state index contributed by atoms with van der Waals surface area (Å²) in [5.41, 5.74) is 0.568. The van der Waals surface area contributed by atoms with Crippen LogP contribution in [0.2, 0.25) is 0 Å². The second kappa shape index (κ2) is 5.73.